The highest BCUT2D eigenvalue weighted by atomic mass is 19.4. The van der Waals surface area contributed by atoms with Gasteiger partial charge in [0.05, 0.1) is 24.6 Å². The smallest absolute Gasteiger partial charge is 0.390 e. The van der Waals surface area contributed by atoms with Crippen LogP contribution in [0.25, 0.3) is 16.7 Å². The molecule has 1 amide bonds. The molecule has 1 aliphatic heterocycles. The third-order valence-corrected chi connectivity index (χ3v) is 7.45. The number of piperidine rings is 1. The number of hydrogen-bond acceptors (Lipinski definition) is 8. The summed E-state index contributed by atoms with van der Waals surface area (Å²) in [5, 5.41) is 3.19. The third-order valence-electron chi connectivity index (χ3n) is 7.45. The zero-order chi connectivity index (χ0) is 30.0. The molecule has 5 N–H and O–H groups in total. The summed E-state index contributed by atoms with van der Waals surface area (Å²) < 4.78 is 44.9. The van der Waals surface area contributed by atoms with Crippen molar-refractivity contribution in [2.24, 2.45) is 5.73 Å². The molecule has 0 unspecified atom stereocenters. The van der Waals surface area contributed by atoms with Crippen LogP contribution in [0.5, 0.6) is 5.75 Å². The second-order valence-corrected chi connectivity index (χ2v) is 10.1. The molecular formula is C29H30F3N7O3. The van der Waals surface area contributed by atoms with Crippen molar-refractivity contribution < 1.29 is 22.7 Å². The minimum absolute atomic E-state index is 0.0156. The predicted octanol–water partition coefficient (Wildman–Crippen LogP) is 4.35. The molecule has 0 aliphatic carbocycles. The van der Waals surface area contributed by atoms with Crippen LogP contribution in [0.15, 0.2) is 59.5 Å². The van der Waals surface area contributed by atoms with Crippen molar-refractivity contribution in [2.75, 3.05) is 37.8 Å². The molecule has 0 spiro atoms. The van der Waals surface area contributed by atoms with E-state index in [9.17, 15) is 22.8 Å². The number of rotatable bonds is 8. The number of carbonyl (C=O) groups is 1. The lowest BCUT2D eigenvalue weighted by Crippen LogP contribution is -2.35. The number of nitrogen functional groups attached to an aromatic ring is 1. The van der Waals surface area contributed by atoms with Crippen molar-refractivity contribution in [3.05, 3.63) is 76.1 Å². The van der Waals surface area contributed by atoms with Crippen LogP contribution >= 0.6 is 0 Å². The van der Waals surface area contributed by atoms with Crippen molar-refractivity contribution in [1.82, 2.24) is 19.4 Å². The van der Waals surface area contributed by atoms with Gasteiger partial charge in [-0.05, 0) is 61.7 Å². The van der Waals surface area contributed by atoms with Gasteiger partial charge in [-0.1, -0.05) is 24.3 Å². The van der Waals surface area contributed by atoms with Crippen LogP contribution in [0.1, 0.15) is 41.1 Å². The Hall–Kier alpha value is -4.65. The highest BCUT2D eigenvalue weighted by molar-refractivity contribution is 6.01. The third kappa shape index (κ3) is 6.00. The summed E-state index contributed by atoms with van der Waals surface area (Å²) in [4.78, 5) is 35.9. The molecule has 0 atom stereocenters. The van der Waals surface area contributed by atoms with Crippen LogP contribution in [0.4, 0.5) is 30.6 Å². The van der Waals surface area contributed by atoms with E-state index in [0.717, 1.165) is 18.4 Å². The minimum Gasteiger partial charge on any atom is -0.495 e. The minimum atomic E-state index is -4.15. The van der Waals surface area contributed by atoms with E-state index in [1.54, 1.807) is 24.3 Å². The van der Waals surface area contributed by atoms with E-state index in [1.807, 2.05) is 29.2 Å². The number of fused-ring (bicyclic) bond motifs is 1. The fourth-order valence-electron chi connectivity index (χ4n) is 5.28. The lowest BCUT2D eigenvalue weighted by molar-refractivity contribution is -0.138. The zero-order valence-electron chi connectivity index (χ0n) is 22.8. The van der Waals surface area contributed by atoms with Crippen LogP contribution in [0.3, 0.4) is 0 Å². The van der Waals surface area contributed by atoms with Gasteiger partial charge in [0.25, 0.3) is 5.91 Å². The van der Waals surface area contributed by atoms with E-state index in [1.165, 1.54) is 17.9 Å². The Morgan fingerprint density at radius 3 is 2.50 bits per heavy atom. The Bertz CT molecular complexity index is 1670. The van der Waals surface area contributed by atoms with Crippen molar-refractivity contribution in [3.63, 3.8) is 0 Å². The van der Waals surface area contributed by atoms with Crippen LogP contribution in [-0.2, 0) is 0 Å². The molecule has 1 fully saturated rings. The SMILES string of the molecule is COc1cc(C2CCN(CCC(F)(F)F)CC2)ccc1Nc1ncc2c(=O)c(C(N)=O)c(N)n(-c3ccccc3)c2n1. The number of amides is 1. The highest BCUT2D eigenvalue weighted by Gasteiger charge is 2.29. The van der Waals surface area contributed by atoms with E-state index in [2.05, 4.69) is 15.3 Å². The maximum Gasteiger partial charge on any atom is 0.390 e. The number of nitrogens with one attached hydrogen (secondary N) is 1. The van der Waals surface area contributed by atoms with Crippen molar-refractivity contribution in [3.8, 4) is 11.4 Å². The summed E-state index contributed by atoms with van der Waals surface area (Å²) in [5.41, 5.74) is 13.1. The molecule has 0 saturated carbocycles. The Morgan fingerprint density at radius 1 is 1.14 bits per heavy atom. The maximum absolute atomic E-state index is 13.1. The van der Waals surface area contributed by atoms with Crippen LogP contribution in [0, 0.1) is 0 Å². The van der Waals surface area contributed by atoms with Crippen LogP contribution in [-0.4, -0.2) is 58.3 Å². The summed E-state index contributed by atoms with van der Waals surface area (Å²) in [6.45, 7) is 1.21. The number of benzene rings is 2. The molecule has 2 aromatic carbocycles. The topological polar surface area (TPSA) is 141 Å². The average Bonchev–Trinajstić information content (AvgIpc) is 2.96. The van der Waals surface area contributed by atoms with Gasteiger partial charge < -0.3 is 26.4 Å². The Morgan fingerprint density at radius 2 is 1.86 bits per heavy atom. The number of alkyl halides is 3. The summed E-state index contributed by atoms with van der Waals surface area (Å²) in [6, 6.07) is 14.5. The molecule has 13 heteroatoms. The lowest BCUT2D eigenvalue weighted by Gasteiger charge is -2.32. The molecule has 5 rings (SSSR count). The number of nitrogens with zero attached hydrogens (tertiary/aromatic N) is 4. The van der Waals surface area contributed by atoms with Crippen molar-refractivity contribution in [1.29, 1.82) is 0 Å². The summed E-state index contributed by atoms with van der Waals surface area (Å²) in [7, 11) is 1.53. The fourth-order valence-corrected chi connectivity index (χ4v) is 5.28. The number of pyridine rings is 1. The first-order valence-corrected chi connectivity index (χ1v) is 13.4. The van der Waals surface area contributed by atoms with Gasteiger partial charge in [-0.2, -0.15) is 18.2 Å². The molecule has 3 heterocycles. The lowest BCUT2D eigenvalue weighted by atomic mass is 9.89. The summed E-state index contributed by atoms with van der Waals surface area (Å²) in [5.74, 6) is -0.221. The van der Waals surface area contributed by atoms with Gasteiger partial charge >= 0.3 is 6.18 Å². The Kier molecular flexibility index (Phi) is 8.03. The predicted molar refractivity (Wildman–Crippen MR) is 153 cm³/mol. The molecule has 0 radical (unpaired) electrons. The number of ether oxygens (including phenoxy) is 1. The molecule has 1 aliphatic rings. The van der Waals surface area contributed by atoms with Gasteiger partial charge in [0.2, 0.25) is 11.4 Å². The zero-order valence-corrected chi connectivity index (χ0v) is 22.8. The van der Waals surface area contributed by atoms with Crippen molar-refractivity contribution >= 4 is 34.4 Å². The standard InChI is InChI=1S/C29H30F3N7O3/c1-42-22-15-18(17-9-12-38(13-10-17)14-11-29(30,31)32)7-8-21(22)36-28-35-16-20-24(40)23(26(34)41)25(33)39(27(20)37-28)19-5-3-2-4-6-19/h2-8,15-17H,9-14,33H2,1H3,(H2,34,41)(H,35,36,37). The molecule has 0 bridgehead atoms. The molecule has 4 aromatic rings. The summed E-state index contributed by atoms with van der Waals surface area (Å²) in [6.07, 6.45) is -2.16. The number of primary amides is 1. The monoisotopic (exact) mass is 581 g/mol. The fraction of sp³-hybridized carbons (Fsp3) is 0.310. The largest absolute Gasteiger partial charge is 0.495 e. The van der Waals surface area contributed by atoms with E-state index >= 15 is 0 Å². The highest BCUT2D eigenvalue weighted by Crippen LogP contribution is 2.35. The number of para-hydroxylation sites is 1. The quantitative estimate of drug-likeness (QED) is 0.279. The molecule has 42 heavy (non-hydrogen) atoms. The number of halogens is 3. The maximum atomic E-state index is 13.1. The number of carbonyl (C=O) groups excluding carboxylic acids is 1. The number of aromatic nitrogens is 3. The van der Waals surface area contributed by atoms with Crippen LogP contribution < -0.4 is 26.9 Å². The van der Waals surface area contributed by atoms with Gasteiger partial charge in [0.1, 0.15) is 17.1 Å². The molecular weight excluding hydrogens is 551 g/mol. The number of likely N-dealkylation sites (tertiary alicyclic amines) is 1. The van der Waals surface area contributed by atoms with Crippen molar-refractivity contribution in [2.45, 2.75) is 31.4 Å². The van der Waals surface area contributed by atoms with E-state index in [4.69, 9.17) is 16.2 Å². The molecule has 10 nitrogen and oxygen atoms in total. The number of nitrogens with two attached hydrogens (primary N) is 2. The van der Waals surface area contributed by atoms with E-state index in [-0.39, 0.29) is 40.8 Å². The number of anilines is 3. The number of hydrogen-bond donors (Lipinski definition) is 3. The van der Waals surface area contributed by atoms with E-state index in [0.29, 0.717) is 30.2 Å². The Labute approximate surface area is 239 Å². The first-order chi connectivity index (χ1) is 20.1. The second-order valence-electron chi connectivity index (χ2n) is 10.1. The van der Waals surface area contributed by atoms with Gasteiger partial charge in [0, 0.05) is 18.4 Å². The summed E-state index contributed by atoms with van der Waals surface area (Å²) >= 11 is 0. The molecule has 220 valence electrons. The first kappa shape index (κ1) is 28.9. The Balaban J connectivity index is 1.42. The van der Waals surface area contributed by atoms with Gasteiger partial charge in [0.15, 0.2) is 5.65 Å². The average molecular weight is 582 g/mol. The van der Waals surface area contributed by atoms with Crippen LogP contribution in [0.2, 0.25) is 0 Å². The van der Waals surface area contributed by atoms with Gasteiger partial charge in [-0.25, -0.2) is 4.98 Å². The van der Waals surface area contributed by atoms with Gasteiger partial charge in [-0.15, -0.1) is 0 Å². The molecule has 2 aromatic heterocycles. The van der Waals surface area contributed by atoms with E-state index < -0.39 is 23.9 Å². The normalized spacial score (nSPS) is 14.7. The molecule has 1 saturated heterocycles. The number of methoxy groups -OCH3 is 1. The van der Waals surface area contributed by atoms with Gasteiger partial charge in [-0.3, -0.25) is 14.2 Å². The first-order valence-electron chi connectivity index (χ1n) is 13.4. The second kappa shape index (κ2) is 11.7.